The number of nitrogens with one attached hydrogen (secondary N) is 2. The molecule has 0 aliphatic carbocycles. The number of aliphatic hydroxyl groups is 1. The lowest BCUT2D eigenvalue weighted by atomic mass is 10.0. The van der Waals surface area contributed by atoms with E-state index in [0.29, 0.717) is 0 Å². The van der Waals surface area contributed by atoms with Gasteiger partial charge in [0, 0.05) is 35.7 Å². The summed E-state index contributed by atoms with van der Waals surface area (Å²) in [6.07, 6.45) is -1.66. The van der Waals surface area contributed by atoms with Crippen molar-refractivity contribution in [1.29, 1.82) is 0 Å². The normalized spacial score (nSPS) is 21.5. The number of esters is 1. The fourth-order valence-corrected chi connectivity index (χ4v) is 3.52. The van der Waals surface area contributed by atoms with Crippen molar-refractivity contribution in [2.75, 3.05) is 19.4 Å². The highest BCUT2D eigenvalue weighted by atomic mass is 32.2. The van der Waals surface area contributed by atoms with Gasteiger partial charge in [0.15, 0.2) is 6.10 Å². The van der Waals surface area contributed by atoms with E-state index < -0.39 is 36.5 Å². The van der Waals surface area contributed by atoms with Crippen LogP contribution in [0.1, 0.15) is 21.5 Å². The molecule has 0 radical (unpaired) electrons. The van der Waals surface area contributed by atoms with E-state index in [1.807, 2.05) is 0 Å². The zero-order valence-electron chi connectivity index (χ0n) is 14.2. The van der Waals surface area contributed by atoms with Gasteiger partial charge >= 0.3 is 5.97 Å². The van der Waals surface area contributed by atoms with Crippen molar-refractivity contribution < 1.29 is 34.4 Å². The second-order valence-electron chi connectivity index (χ2n) is 5.70. The van der Waals surface area contributed by atoms with Crippen molar-refractivity contribution in [3.05, 3.63) is 22.8 Å². The Kier molecular flexibility index (Phi) is 6.32. The first kappa shape index (κ1) is 19.9. The molecule has 142 valence electrons. The van der Waals surface area contributed by atoms with Crippen LogP contribution in [0.5, 0.6) is 11.5 Å². The number of ether oxygens (including phenoxy) is 1. The molecule has 1 aromatic carbocycles. The second kappa shape index (κ2) is 8.28. The highest BCUT2D eigenvalue weighted by Gasteiger charge is 2.28. The Bertz CT molecular complexity index is 738. The summed E-state index contributed by atoms with van der Waals surface area (Å²) in [5, 5.41) is 34.6. The molecule has 2 unspecified atom stereocenters. The summed E-state index contributed by atoms with van der Waals surface area (Å²) >= 11 is 1.19. The highest BCUT2D eigenvalue weighted by Crippen LogP contribution is 2.35. The monoisotopic (exact) mass is 384 g/mol. The molecule has 26 heavy (non-hydrogen) atoms. The lowest BCUT2D eigenvalue weighted by molar-refractivity contribution is -0.135. The van der Waals surface area contributed by atoms with Gasteiger partial charge in [-0.15, -0.1) is 0 Å². The van der Waals surface area contributed by atoms with Crippen molar-refractivity contribution in [2.24, 2.45) is 0 Å². The Balaban J connectivity index is 2.41. The molecule has 2 rings (SSSR count). The van der Waals surface area contributed by atoms with Crippen LogP contribution in [0.2, 0.25) is 0 Å². The quantitative estimate of drug-likeness (QED) is 0.404. The van der Waals surface area contributed by atoms with Gasteiger partial charge in [0.2, 0.25) is 5.91 Å². The second-order valence-corrected chi connectivity index (χ2v) is 6.73. The van der Waals surface area contributed by atoms with Crippen molar-refractivity contribution in [2.45, 2.75) is 24.8 Å². The number of likely N-dealkylation sites (N-methyl/N-ethyl adjacent to an activating group) is 1. The first-order valence-electron chi connectivity index (χ1n) is 7.75. The Morgan fingerprint density at radius 1 is 1.35 bits per heavy atom. The average Bonchev–Trinajstić information content (AvgIpc) is 2.60. The van der Waals surface area contributed by atoms with Crippen molar-refractivity contribution in [3.8, 4) is 11.5 Å². The molecule has 0 fully saturated rings. The molecule has 1 aromatic rings. The van der Waals surface area contributed by atoms with Crippen molar-refractivity contribution >= 4 is 29.5 Å². The fraction of sp³-hybridized carbons (Fsp3) is 0.438. The Morgan fingerprint density at radius 2 is 2.04 bits per heavy atom. The molecule has 0 bridgehead atoms. The minimum atomic E-state index is -1.66. The van der Waals surface area contributed by atoms with Crippen LogP contribution in [0.25, 0.3) is 0 Å². The number of hydrogen-bond donors (Lipinski definition) is 5. The molecule has 0 spiro atoms. The van der Waals surface area contributed by atoms with Crippen LogP contribution in [0.4, 0.5) is 0 Å². The minimum Gasteiger partial charge on any atom is -0.508 e. The number of aliphatic hydroxyl groups excluding tert-OH is 1. The molecule has 1 aliphatic heterocycles. The Hall–Kier alpha value is -2.46. The van der Waals surface area contributed by atoms with Crippen molar-refractivity contribution in [3.63, 3.8) is 0 Å². The van der Waals surface area contributed by atoms with E-state index >= 15 is 0 Å². The number of phenols is 2. The van der Waals surface area contributed by atoms with E-state index in [-0.39, 0.29) is 39.7 Å². The molecule has 1 heterocycles. The predicted octanol–water partition coefficient (Wildman–Crippen LogP) is -0.598. The van der Waals surface area contributed by atoms with Gasteiger partial charge in [-0.3, -0.25) is 9.59 Å². The molecule has 0 saturated carbocycles. The first-order valence-corrected chi connectivity index (χ1v) is 8.91. The zero-order valence-corrected chi connectivity index (χ0v) is 15.1. The molecule has 2 amide bonds. The van der Waals surface area contributed by atoms with Crippen molar-refractivity contribution in [1.82, 2.24) is 10.6 Å². The number of thioether (sulfide) groups is 1. The number of hydrogen-bond acceptors (Lipinski definition) is 8. The standard InChI is InChI=1S/C16H20N2O7S/c1-7-10(19)3-11(20)8-5-26-6-9(14(22)17-2)18-15(23)12(21)4-25-16(24)13(7)8/h3,9,12,19-21H,4-6H2,1-2H3,(H,17,22)(H,18,23). The summed E-state index contributed by atoms with van der Waals surface area (Å²) in [5.74, 6) is -2.45. The van der Waals surface area contributed by atoms with E-state index in [9.17, 15) is 29.7 Å². The zero-order chi connectivity index (χ0) is 19.4. The third-order valence-corrected chi connectivity index (χ3v) is 4.99. The Morgan fingerprint density at radius 3 is 2.69 bits per heavy atom. The number of phenolic OH excluding ortho intramolecular Hbond substituents is 2. The topological polar surface area (TPSA) is 145 Å². The maximum absolute atomic E-state index is 12.4. The smallest absolute Gasteiger partial charge is 0.339 e. The number of cyclic esters (lactones) is 1. The van der Waals surface area contributed by atoms with Crippen LogP contribution in [-0.4, -0.2) is 64.7 Å². The number of carbonyl (C=O) groups excluding carboxylic acids is 3. The number of carbonyl (C=O) groups is 3. The summed E-state index contributed by atoms with van der Waals surface area (Å²) < 4.78 is 4.96. The van der Waals surface area contributed by atoms with E-state index in [4.69, 9.17) is 4.74 Å². The maximum atomic E-state index is 12.4. The summed E-state index contributed by atoms with van der Waals surface area (Å²) in [6.45, 7) is 0.857. The molecule has 2 atom stereocenters. The largest absolute Gasteiger partial charge is 0.508 e. The van der Waals surface area contributed by atoms with Crippen LogP contribution < -0.4 is 10.6 Å². The first-order chi connectivity index (χ1) is 12.3. The van der Waals surface area contributed by atoms with Gasteiger partial charge in [0.05, 0.1) is 5.56 Å². The summed E-state index contributed by atoms with van der Waals surface area (Å²) in [4.78, 5) is 36.2. The Labute approximate surface area is 153 Å². The molecule has 9 nitrogen and oxygen atoms in total. The molecular formula is C16H20N2O7S. The third-order valence-electron chi connectivity index (χ3n) is 3.93. The number of amides is 2. The lowest BCUT2D eigenvalue weighted by Crippen LogP contribution is -2.51. The summed E-state index contributed by atoms with van der Waals surface area (Å²) in [6, 6.07) is 0.215. The van der Waals surface area contributed by atoms with Crippen LogP contribution in [0.3, 0.4) is 0 Å². The highest BCUT2D eigenvalue weighted by molar-refractivity contribution is 7.98. The van der Waals surface area contributed by atoms with Gasteiger partial charge in [-0.25, -0.2) is 4.79 Å². The molecule has 10 heteroatoms. The van der Waals surface area contributed by atoms with E-state index in [2.05, 4.69) is 10.6 Å². The van der Waals surface area contributed by atoms with Crippen LogP contribution in [-0.2, 0) is 20.1 Å². The molecule has 0 saturated heterocycles. The van der Waals surface area contributed by atoms with E-state index in [1.165, 1.54) is 25.7 Å². The maximum Gasteiger partial charge on any atom is 0.339 e. The SMILES string of the molecule is CNC(=O)C1CSCc2c(O)cc(O)c(C)c2C(=O)OCC(O)C(=O)N1. The lowest BCUT2D eigenvalue weighted by Gasteiger charge is -2.22. The third kappa shape index (κ3) is 4.20. The number of aromatic hydroxyl groups is 2. The average molecular weight is 384 g/mol. The number of fused-ring (bicyclic) bond motifs is 1. The van der Waals surface area contributed by atoms with Crippen LogP contribution in [0, 0.1) is 6.92 Å². The minimum absolute atomic E-state index is 0.0281. The van der Waals surface area contributed by atoms with Crippen LogP contribution in [0.15, 0.2) is 6.07 Å². The van der Waals surface area contributed by atoms with Gasteiger partial charge in [0.25, 0.3) is 5.91 Å². The van der Waals surface area contributed by atoms with E-state index in [0.717, 1.165) is 6.07 Å². The van der Waals surface area contributed by atoms with Gasteiger partial charge in [0.1, 0.15) is 24.1 Å². The van der Waals surface area contributed by atoms with Gasteiger partial charge < -0.3 is 30.7 Å². The number of benzene rings is 1. The van der Waals surface area contributed by atoms with Gasteiger partial charge in [-0.2, -0.15) is 11.8 Å². The predicted molar refractivity (Wildman–Crippen MR) is 93.0 cm³/mol. The van der Waals surface area contributed by atoms with E-state index in [1.54, 1.807) is 0 Å². The summed E-state index contributed by atoms with van der Waals surface area (Å²) in [5.41, 5.74) is 0.425. The fourth-order valence-electron chi connectivity index (χ4n) is 2.44. The molecule has 0 aromatic heterocycles. The van der Waals surface area contributed by atoms with Gasteiger partial charge in [-0.05, 0) is 6.92 Å². The number of rotatable bonds is 1. The molecular weight excluding hydrogens is 364 g/mol. The molecule has 5 N–H and O–H groups in total. The van der Waals surface area contributed by atoms with Crippen LogP contribution >= 0.6 is 11.8 Å². The molecule has 1 aliphatic rings. The van der Waals surface area contributed by atoms with Gasteiger partial charge in [-0.1, -0.05) is 0 Å². The summed E-state index contributed by atoms with van der Waals surface area (Å²) in [7, 11) is 1.42.